The molecule has 2 N–H and O–H groups in total. The first-order valence-electron chi connectivity index (χ1n) is 6.63. The lowest BCUT2D eigenvalue weighted by molar-refractivity contribution is -0.00543. The average molecular weight is 291 g/mol. The second kappa shape index (κ2) is 5.60. The number of nitrogens with one attached hydrogen (secondary N) is 1. The summed E-state index contributed by atoms with van der Waals surface area (Å²) < 4.78 is 0. The molecule has 108 valence electrons. The van der Waals surface area contributed by atoms with Crippen LogP contribution in [0.2, 0.25) is 0 Å². The Morgan fingerprint density at radius 2 is 2.00 bits per heavy atom. The number of nitrogens with zero attached hydrogens (tertiary/aromatic N) is 2. The van der Waals surface area contributed by atoms with Gasteiger partial charge in [0.15, 0.2) is 0 Å². The monoisotopic (exact) mass is 291 g/mol. The second-order valence-electron chi connectivity index (χ2n) is 5.90. The van der Waals surface area contributed by atoms with E-state index in [9.17, 15) is 5.11 Å². The lowest BCUT2D eigenvalue weighted by Crippen LogP contribution is -2.55. The van der Waals surface area contributed by atoms with Crippen molar-refractivity contribution in [1.29, 1.82) is 0 Å². The van der Waals surface area contributed by atoms with Crippen molar-refractivity contribution in [2.24, 2.45) is 0 Å². The van der Waals surface area contributed by atoms with Crippen LogP contribution in [0.5, 0.6) is 0 Å². The molecule has 0 fully saturated rings. The van der Waals surface area contributed by atoms with Crippen LogP contribution >= 0.6 is 11.3 Å². The zero-order valence-corrected chi connectivity index (χ0v) is 13.2. The average Bonchev–Trinajstić information content (AvgIpc) is 2.85. The summed E-state index contributed by atoms with van der Waals surface area (Å²) in [6.45, 7) is 8.21. The van der Waals surface area contributed by atoms with Gasteiger partial charge in [-0.1, -0.05) is 6.07 Å². The van der Waals surface area contributed by atoms with Crippen molar-refractivity contribution < 1.29 is 5.11 Å². The molecule has 0 unspecified atom stereocenters. The van der Waals surface area contributed by atoms with E-state index in [2.05, 4.69) is 15.3 Å². The van der Waals surface area contributed by atoms with Crippen LogP contribution in [0.4, 0.5) is 0 Å². The number of thiazole rings is 1. The van der Waals surface area contributed by atoms with Crippen molar-refractivity contribution in [3.8, 4) is 10.7 Å². The van der Waals surface area contributed by atoms with Gasteiger partial charge in [0.25, 0.3) is 0 Å². The molecule has 0 aromatic carbocycles. The molecule has 0 atom stereocenters. The van der Waals surface area contributed by atoms with E-state index >= 15 is 0 Å². The Morgan fingerprint density at radius 3 is 2.60 bits per heavy atom. The summed E-state index contributed by atoms with van der Waals surface area (Å²) in [6.07, 6.45) is 1.77. The van der Waals surface area contributed by atoms with Crippen LogP contribution in [0.3, 0.4) is 0 Å². The third kappa shape index (κ3) is 3.42. The molecule has 2 aromatic rings. The van der Waals surface area contributed by atoms with E-state index in [0.717, 1.165) is 16.4 Å². The summed E-state index contributed by atoms with van der Waals surface area (Å²) >= 11 is 1.58. The molecule has 0 spiro atoms. The van der Waals surface area contributed by atoms with Gasteiger partial charge >= 0.3 is 0 Å². The molecular formula is C15H21N3OS. The lowest BCUT2D eigenvalue weighted by atomic mass is 9.86. The molecule has 0 aliphatic heterocycles. The molecule has 5 heteroatoms. The van der Waals surface area contributed by atoms with Crippen molar-refractivity contribution >= 4 is 11.3 Å². The molecule has 2 aromatic heterocycles. The molecule has 0 aliphatic carbocycles. The highest BCUT2D eigenvalue weighted by molar-refractivity contribution is 7.13. The molecule has 0 bridgehead atoms. The molecule has 0 saturated heterocycles. The van der Waals surface area contributed by atoms with Crippen molar-refractivity contribution in [2.75, 3.05) is 0 Å². The molecule has 4 nitrogen and oxygen atoms in total. The van der Waals surface area contributed by atoms with Crippen molar-refractivity contribution in [3.05, 3.63) is 35.5 Å². The lowest BCUT2D eigenvalue weighted by Gasteiger charge is -2.38. The number of hydrogen-bond donors (Lipinski definition) is 2. The minimum absolute atomic E-state index is 0.387. The Labute approximate surface area is 123 Å². The summed E-state index contributed by atoms with van der Waals surface area (Å²) in [6, 6.07) is 5.81. The van der Waals surface area contributed by atoms with E-state index in [1.54, 1.807) is 31.4 Å². The summed E-state index contributed by atoms with van der Waals surface area (Å²) in [4.78, 5) is 8.88. The van der Waals surface area contributed by atoms with Gasteiger partial charge in [-0.05, 0) is 39.8 Å². The maximum atomic E-state index is 10.1. The van der Waals surface area contributed by atoms with E-state index in [1.807, 2.05) is 37.4 Å². The summed E-state index contributed by atoms with van der Waals surface area (Å²) in [7, 11) is 0. The number of aliphatic hydroxyl groups is 1. The minimum atomic E-state index is -0.799. The van der Waals surface area contributed by atoms with Crippen LogP contribution in [0.1, 0.15) is 33.4 Å². The first-order valence-corrected chi connectivity index (χ1v) is 7.51. The first kappa shape index (κ1) is 15.1. The first-order chi connectivity index (χ1) is 9.29. The fourth-order valence-corrected chi connectivity index (χ4v) is 2.32. The number of pyridine rings is 1. The molecule has 2 rings (SSSR count). The van der Waals surface area contributed by atoms with Crippen molar-refractivity contribution in [3.63, 3.8) is 0 Å². The summed E-state index contributed by atoms with van der Waals surface area (Å²) in [5.74, 6) is 0. The number of hydrogen-bond acceptors (Lipinski definition) is 5. The van der Waals surface area contributed by atoms with E-state index < -0.39 is 5.60 Å². The van der Waals surface area contributed by atoms with Gasteiger partial charge in [0.2, 0.25) is 0 Å². The van der Waals surface area contributed by atoms with Crippen LogP contribution in [-0.2, 0) is 6.54 Å². The van der Waals surface area contributed by atoms with E-state index in [-0.39, 0.29) is 5.54 Å². The Balaban J connectivity index is 2.04. The largest absolute Gasteiger partial charge is 0.389 e. The standard InChI is InChI=1S/C15H21N3OS/c1-14(2,15(3,4)19)17-9-11-10-20-13(18-11)12-7-5-6-8-16-12/h5-8,10,17,19H,9H2,1-4H3. The Kier molecular flexibility index (Phi) is 4.22. The smallest absolute Gasteiger partial charge is 0.142 e. The van der Waals surface area contributed by atoms with Crippen molar-refractivity contribution in [1.82, 2.24) is 15.3 Å². The molecule has 0 aliphatic rings. The zero-order valence-electron chi connectivity index (χ0n) is 12.3. The normalized spacial score (nSPS) is 12.7. The summed E-state index contributed by atoms with van der Waals surface area (Å²) in [5, 5.41) is 16.4. The van der Waals surface area contributed by atoms with Gasteiger partial charge in [-0.2, -0.15) is 0 Å². The van der Waals surface area contributed by atoms with Gasteiger partial charge in [-0.3, -0.25) is 4.98 Å². The predicted octanol–water partition coefficient (Wildman–Crippen LogP) is 2.84. The van der Waals surface area contributed by atoms with Gasteiger partial charge < -0.3 is 10.4 Å². The predicted molar refractivity (Wildman–Crippen MR) is 82.6 cm³/mol. The topological polar surface area (TPSA) is 58.0 Å². The molecule has 0 radical (unpaired) electrons. The Morgan fingerprint density at radius 1 is 1.25 bits per heavy atom. The zero-order chi connectivity index (χ0) is 14.8. The van der Waals surface area contributed by atoms with E-state index in [1.165, 1.54) is 0 Å². The highest BCUT2D eigenvalue weighted by Gasteiger charge is 2.34. The van der Waals surface area contributed by atoms with Gasteiger partial charge in [0.1, 0.15) is 5.01 Å². The van der Waals surface area contributed by atoms with Crippen LogP contribution < -0.4 is 5.32 Å². The second-order valence-corrected chi connectivity index (χ2v) is 6.75. The highest BCUT2D eigenvalue weighted by Crippen LogP contribution is 2.23. The Bertz CT molecular complexity index is 558. The molecule has 2 heterocycles. The molecule has 20 heavy (non-hydrogen) atoms. The van der Waals surface area contributed by atoms with Crippen LogP contribution in [0.15, 0.2) is 29.8 Å². The third-order valence-corrected chi connectivity index (χ3v) is 4.59. The fourth-order valence-electron chi connectivity index (χ4n) is 1.52. The number of aromatic nitrogens is 2. The minimum Gasteiger partial charge on any atom is -0.389 e. The van der Waals surface area contributed by atoms with Crippen LogP contribution in [-0.4, -0.2) is 26.2 Å². The van der Waals surface area contributed by atoms with Crippen molar-refractivity contribution in [2.45, 2.75) is 45.4 Å². The fraction of sp³-hybridized carbons (Fsp3) is 0.467. The SMILES string of the molecule is CC(C)(O)C(C)(C)NCc1csc(-c2ccccn2)n1. The highest BCUT2D eigenvalue weighted by atomic mass is 32.1. The summed E-state index contributed by atoms with van der Waals surface area (Å²) in [5.41, 5.74) is 0.674. The Hall–Kier alpha value is -1.30. The van der Waals surface area contributed by atoms with Gasteiger partial charge in [0, 0.05) is 23.7 Å². The van der Waals surface area contributed by atoms with Gasteiger partial charge in [-0.15, -0.1) is 11.3 Å². The molecular weight excluding hydrogens is 270 g/mol. The number of rotatable bonds is 5. The van der Waals surface area contributed by atoms with Gasteiger partial charge in [0.05, 0.1) is 17.0 Å². The van der Waals surface area contributed by atoms with Gasteiger partial charge in [-0.25, -0.2) is 4.98 Å². The quantitative estimate of drug-likeness (QED) is 0.889. The van der Waals surface area contributed by atoms with Crippen LogP contribution in [0.25, 0.3) is 10.7 Å². The maximum absolute atomic E-state index is 10.1. The molecule has 0 amide bonds. The molecule has 0 saturated carbocycles. The maximum Gasteiger partial charge on any atom is 0.142 e. The third-order valence-electron chi connectivity index (χ3n) is 3.68. The van der Waals surface area contributed by atoms with E-state index in [4.69, 9.17) is 0 Å². The van der Waals surface area contributed by atoms with E-state index in [0.29, 0.717) is 6.54 Å². The van der Waals surface area contributed by atoms with Crippen LogP contribution in [0, 0.1) is 0 Å².